The first-order valence-electron chi connectivity index (χ1n) is 10.3. The van der Waals surface area contributed by atoms with E-state index in [1.165, 1.54) is 0 Å². The summed E-state index contributed by atoms with van der Waals surface area (Å²) in [7, 11) is 0. The fourth-order valence-corrected chi connectivity index (χ4v) is 6.75. The lowest BCUT2D eigenvalue weighted by Gasteiger charge is -2.57. The predicted molar refractivity (Wildman–Crippen MR) is 116 cm³/mol. The van der Waals surface area contributed by atoms with Gasteiger partial charge in [0.25, 0.3) is 0 Å². The van der Waals surface area contributed by atoms with Gasteiger partial charge in [-0.25, -0.2) is 0 Å². The van der Waals surface area contributed by atoms with Crippen LogP contribution in [-0.4, -0.2) is 27.4 Å². The van der Waals surface area contributed by atoms with Gasteiger partial charge in [-0.2, -0.15) is 0 Å². The van der Waals surface area contributed by atoms with Gasteiger partial charge in [-0.05, 0) is 42.0 Å². The smallest absolute Gasteiger partial charge is 0.173 e. The zero-order valence-corrected chi connectivity index (χ0v) is 17.9. The average molecular weight is 421 g/mol. The molecule has 0 radical (unpaired) electrons. The summed E-state index contributed by atoms with van der Waals surface area (Å²) in [6.07, 6.45) is 3.98. The van der Waals surface area contributed by atoms with Crippen molar-refractivity contribution in [3.63, 3.8) is 0 Å². The van der Waals surface area contributed by atoms with Crippen molar-refractivity contribution in [1.29, 1.82) is 0 Å². The summed E-state index contributed by atoms with van der Waals surface area (Å²) in [6, 6.07) is 10.6. The summed E-state index contributed by atoms with van der Waals surface area (Å²) in [4.78, 5) is 28.4. The van der Waals surface area contributed by atoms with Gasteiger partial charge >= 0.3 is 0 Å². The number of allylic oxidation sites excluding steroid dienone is 3. The molecule has 4 aliphatic carbocycles. The monoisotopic (exact) mass is 420 g/mol. The molecule has 0 spiro atoms. The van der Waals surface area contributed by atoms with Crippen LogP contribution >= 0.6 is 11.3 Å². The lowest BCUT2D eigenvalue weighted by atomic mass is 9.46. The number of phenols is 1. The first kappa shape index (κ1) is 19.5. The molecule has 4 aliphatic rings. The Bertz CT molecular complexity index is 1100. The third kappa shape index (κ3) is 2.30. The molecule has 1 saturated carbocycles. The van der Waals surface area contributed by atoms with Crippen LogP contribution in [0.1, 0.15) is 31.2 Å². The molecule has 0 aliphatic heterocycles. The zero-order valence-electron chi connectivity index (χ0n) is 17.1. The van der Waals surface area contributed by atoms with Crippen LogP contribution in [0, 0.1) is 23.7 Å². The molecule has 5 atom stereocenters. The van der Waals surface area contributed by atoms with E-state index in [4.69, 9.17) is 0 Å². The van der Waals surface area contributed by atoms with Gasteiger partial charge in [-0.1, -0.05) is 49.8 Å². The van der Waals surface area contributed by atoms with Gasteiger partial charge in [0.05, 0.1) is 5.92 Å². The maximum absolute atomic E-state index is 13.8. The molecule has 0 saturated heterocycles. The maximum atomic E-state index is 13.8. The number of Topliss-reactive ketones (excluding diaryl/α,β-unsaturated/α-hetero) is 2. The van der Waals surface area contributed by atoms with Crippen LogP contribution in [0.4, 0.5) is 0 Å². The Morgan fingerprint density at radius 3 is 2.40 bits per heavy atom. The number of benzene rings is 1. The Labute approximate surface area is 179 Å². The van der Waals surface area contributed by atoms with E-state index in [2.05, 4.69) is 13.8 Å². The molecule has 0 amide bonds. The second-order valence-corrected chi connectivity index (χ2v) is 10.1. The minimum Gasteiger partial charge on any atom is -0.508 e. The minimum atomic E-state index is -1.57. The highest BCUT2D eigenvalue weighted by Crippen LogP contribution is 2.64. The third-order valence-electron chi connectivity index (χ3n) is 7.19. The standard InChI is InChI=1S/C25H24O4S/c1-13(2)16-11-18-21-22(27)17(14-6-8-15(26)9-7-14)12-25(21,19-5-4-10-30-19)20(16)23(28)24(18,3)29/h4-13,18,20-21,26,29H,1-3H3/t18-,20-,21-,24+,25+/m1/s1. The minimum absolute atomic E-state index is 0.0454. The van der Waals surface area contributed by atoms with Crippen molar-refractivity contribution >= 4 is 28.5 Å². The Kier molecular flexibility index (Phi) is 4.06. The second-order valence-electron chi connectivity index (χ2n) is 9.15. The SMILES string of the molecule is CC(C)C1=C[C@@H]2[C@@H]3C(=O)C(c4ccc(O)cc4)=C[C@]3(c3cccs3)[C@H]1C(=O)[C@@]2(C)O. The normalized spacial score (nSPS) is 34.9. The van der Waals surface area contributed by atoms with Crippen molar-refractivity contribution in [2.45, 2.75) is 31.8 Å². The molecule has 2 aromatic rings. The number of aromatic hydroxyl groups is 1. The van der Waals surface area contributed by atoms with Crippen molar-refractivity contribution < 1.29 is 19.8 Å². The summed E-state index contributed by atoms with van der Waals surface area (Å²) >= 11 is 1.56. The van der Waals surface area contributed by atoms with Crippen LogP contribution in [0.5, 0.6) is 5.75 Å². The molecule has 4 nitrogen and oxygen atoms in total. The van der Waals surface area contributed by atoms with E-state index < -0.39 is 28.8 Å². The van der Waals surface area contributed by atoms with Gasteiger partial charge < -0.3 is 10.2 Å². The quantitative estimate of drug-likeness (QED) is 0.732. The fourth-order valence-electron chi connectivity index (χ4n) is 5.78. The highest BCUT2D eigenvalue weighted by molar-refractivity contribution is 7.10. The molecule has 1 aromatic carbocycles. The van der Waals surface area contributed by atoms with Crippen molar-refractivity contribution in [3.8, 4) is 5.75 Å². The molecule has 1 aromatic heterocycles. The molecule has 154 valence electrons. The van der Waals surface area contributed by atoms with Crippen molar-refractivity contribution in [3.05, 3.63) is 69.9 Å². The van der Waals surface area contributed by atoms with Crippen LogP contribution in [0.3, 0.4) is 0 Å². The summed E-state index contributed by atoms with van der Waals surface area (Å²) in [6.45, 7) is 5.69. The van der Waals surface area contributed by atoms with E-state index in [0.29, 0.717) is 5.57 Å². The second kappa shape index (κ2) is 6.25. The molecule has 1 heterocycles. The summed E-state index contributed by atoms with van der Waals surface area (Å²) in [5.74, 6) is -1.64. The number of ketones is 2. The van der Waals surface area contributed by atoms with Crippen LogP contribution in [0.15, 0.2) is 59.5 Å². The van der Waals surface area contributed by atoms with Crippen molar-refractivity contribution in [2.24, 2.45) is 23.7 Å². The van der Waals surface area contributed by atoms with Crippen LogP contribution in [-0.2, 0) is 15.0 Å². The molecule has 0 unspecified atom stereocenters. The Morgan fingerprint density at radius 1 is 1.10 bits per heavy atom. The largest absolute Gasteiger partial charge is 0.508 e. The number of carbonyl (C=O) groups is 2. The first-order valence-corrected chi connectivity index (χ1v) is 11.2. The summed E-state index contributed by atoms with van der Waals surface area (Å²) < 4.78 is 0. The van der Waals surface area contributed by atoms with E-state index in [9.17, 15) is 19.8 Å². The molecular weight excluding hydrogens is 396 g/mol. The van der Waals surface area contributed by atoms with Crippen LogP contribution < -0.4 is 0 Å². The fraction of sp³-hybridized carbons (Fsp3) is 0.360. The van der Waals surface area contributed by atoms with E-state index in [1.54, 1.807) is 42.5 Å². The number of phenolic OH excluding ortho intramolecular Hbond substituents is 1. The number of fused-ring (bicyclic) bond motifs is 1. The number of hydrogen-bond acceptors (Lipinski definition) is 5. The molecule has 2 bridgehead atoms. The predicted octanol–water partition coefficient (Wildman–Crippen LogP) is 4.14. The van der Waals surface area contributed by atoms with Gasteiger partial charge in [-0.3, -0.25) is 9.59 Å². The molecular formula is C25H24O4S. The molecule has 6 rings (SSSR count). The Hall–Kier alpha value is -2.50. The Balaban J connectivity index is 1.81. The highest BCUT2D eigenvalue weighted by Gasteiger charge is 2.70. The van der Waals surface area contributed by atoms with E-state index in [-0.39, 0.29) is 23.2 Å². The molecule has 1 fully saturated rings. The number of carbonyl (C=O) groups excluding carboxylic acids is 2. The van der Waals surface area contributed by atoms with E-state index >= 15 is 0 Å². The third-order valence-corrected chi connectivity index (χ3v) is 8.23. The lowest BCUT2D eigenvalue weighted by molar-refractivity contribution is -0.161. The maximum Gasteiger partial charge on any atom is 0.173 e. The van der Waals surface area contributed by atoms with Gasteiger partial charge in [-0.15, -0.1) is 11.3 Å². The van der Waals surface area contributed by atoms with Gasteiger partial charge in [0.15, 0.2) is 11.6 Å². The number of hydrogen-bond donors (Lipinski definition) is 2. The van der Waals surface area contributed by atoms with Gasteiger partial charge in [0.2, 0.25) is 0 Å². The van der Waals surface area contributed by atoms with Crippen molar-refractivity contribution in [2.75, 3.05) is 0 Å². The topological polar surface area (TPSA) is 74.6 Å². The van der Waals surface area contributed by atoms with Crippen LogP contribution in [0.2, 0.25) is 0 Å². The van der Waals surface area contributed by atoms with E-state index in [0.717, 1.165) is 16.0 Å². The molecule has 5 heteroatoms. The van der Waals surface area contributed by atoms with E-state index in [1.807, 2.05) is 29.7 Å². The zero-order chi connectivity index (χ0) is 21.4. The molecule has 30 heavy (non-hydrogen) atoms. The number of rotatable bonds is 3. The molecule has 2 N–H and O–H groups in total. The lowest BCUT2D eigenvalue weighted by Crippen LogP contribution is -2.66. The highest BCUT2D eigenvalue weighted by atomic mass is 32.1. The summed E-state index contributed by atoms with van der Waals surface area (Å²) in [5.41, 5.74) is -0.0515. The number of thiophene rings is 1. The first-order chi connectivity index (χ1) is 14.2. The van der Waals surface area contributed by atoms with Gasteiger partial charge in [0.1, 0.15) is 11.4 Å². The van der Waals surface area contributed by atoms with Gasteiger partial charge in [0, 0.05) is 27.7 Å². The van der Waals surface area contributed by atoms with Crippen LogP contribution in [0.25, 0.3) is 5.57 Å². The number of aliphatic hydroxyl groups is 1. The van der Waals surface area contributed by atoms with Crippen molar-refractivity contribution in [1.82, 2.24) is 0 Å². The summed E-state index contributed by atoms with van der Waals surface area (Å²) in [5, 5.41) is 22.9. The Morgan fingerprint density at radius 2 is 1.80 bits per heavy atom. The average Bonchev–Trinajstić information content (AvgIpc) is 3.34.